The minimum atomic E-state index is -0.489. The second-order valence-corrected chi connectivity index (χ2v) is 4.77. The van der Waals surface area contributed by atoms with Gasteiger partial charge in [-0.1, -0.05) is 24.4 Å². The highest BCUT2D eigenvalue weighted by molar-refractivity contribution is 6.30. The summed E-state index contributed by atoms with van der Waals surface area (Å²) in [6.45, 7) is 0. The van der Waals surface area contributed by atoms with Crippen molar-refractivity contribution in [3.05, 3.63) is 28.5 Å². The van der Waals surface area contributed by atoms with E-state index in [0.29, 0.717) is 10.6 Å². The van der Waals surface area contributed by atoms with Gasteiger partial charge in [-0.25, -0.2) is 4.39 Å². The Morgan fingerprint density at radius 2 is 2.00 bits per heavy atom. The first-order valence-electron chi connectivity index (χ1n) is 5.39. The van der Waals surface area contributed by atoms with Gasteiger partial charge in [0.15, 0.2) is 11.6 Å². The molecule has 2 N–H and O–H groups in total. The Morgan fingerprint density at radius 3 is 2.56 bits per heavy atom. The van der Waals surface area contributed by atoms with Crippen molar-refractivity contribution < 1.29 is 9.13 Å². The molecule has 2 rings (SSSR count). The van der Waals surface area contributed by atoms with Crippen LogP contribution in [0, 0.1) is 5.82 Å². The third-order valence-electron chi connectivity index (χ3n) is 3.24. The van der Waals surface area contributed by atoms with Crippen molar-refractivity contribution in [3.8, 4) is 5.75 Å². The Morgan fingerprint density at radius 1 is 1.38 bits per heavy atom. The molecule has 2 nitrogen and oxygen atoms in total. The third-order valence-corrected chi connectivity index (χ3v) is 3.46. The summed E-state index contributed by atoms with van der Waals surface area (Å²) in [5.41, 5.74) is 6.49. The first-order valence-corrected chi connectivity index (χ1v) is 5.77. The van der Waals surface area contributed by atoms with Gasteiger partial charge < -0.3 is 10.5 Å². The van der Waals surface area contributed by atoms with Crippen molar-refractivity contribution in [1.29, 1.82) is 0 Å². The lowest BCUT2D eigenvalue weighted by Gasteiger charge is -2.26. The summed E-state index contributed by atoms with van der Waals surface area (Å²) in [6, 6.07) is 2.97. The Labute approximate surface area is 99.5 Å². The fraction of sp³-hybridized carbons (Fsp3) is 0.500. The molecule has 16 heavy (non-hydrogen) atoms. The predicted molar refractivity (Wildman–Crippen MR) is 62.3 cm³/mol. The molecule has 0 heterocycles. The first-order chi connectivity index (χ1) is 7.57. The van der Waals surface area contributed by atoms with Gasteiger partial charge in [0.25, 0.3) is 0 Å². The molecule has 0 radical (unpaired) electrons. The van der Waals surface area contributed by atoms with Crippen LogP contribution in [0.25, 0.3) is 0 Å². The largest absolute Gasteiger partial charge is 0.493 e. The normalized spacial score (nSPS) is 18.8. The summed E-state index contributed by atoms with van der Waals surface area (Å²) in [5, 5.41) is 0.366. The van der Waals surface area contributed by atoms with E-state index in [1.54, 1.807) is 6.07 Å². The van der Waals surface area contributed by atoms with Crippen LogP contribution in [0.1, 0.15) is 31.2 Å². The second kappa shape index (κ2) is 4.22. The zero-order valence-corrected chi connectivity index (χ0v) is 9.98. The maximum Gasteiger partial charge on any atom is 0.166 e. The van der Waals surface area contributed by atoms with Crippen molar-refractivity contribution in [3.63, 3.8) is 0 Å². The standard InChI is InChI=1S/C12H15ClFNO/c1-16-11-9(6-8(13)7-10(11)14)12(15)4-2-3-5-12/h6-7H,2-5,15H2,1H3. The molecular weight excluding hydrogens is 229 g/mol. The van der Waals surface area contributed by atoms with E-state index in [-0.39, 0.29) is 5.75 Å². The van der Waals surface area contributed by atoms with E-state index in [4.69, 9.17) is 22.1 Å². The molecule has 0 bridgehead atoms. The fourth-order valence-electron chi connectivity index (χ4n) is 2.41. The molecule has 4 heteroatoms. The maximum atomic E-state index is 13.7. The number of benzene rings is 1. The number of hydrogen-bond acceptors (Lipinski definition) is 2. The van der Waals surface area contributed by atoms with Crippen LogP contribution in [0.3, 0.4) is 0 Å². The Hall–Kier alpha value is -0.800. The highest BCUT2D eigenvalue weighted by atomic mass is 35.5. The topological polar surface area (TPSA) is 35.2 Å². The molecule has 0 spiro atoms. The molecule has 88 valence electrons. The van der Waals surface area contributed by atoms with Gasteiger partial charge in [0.2, 0.25) is 0 Å². The molecule has 1 aromatic carbocycles. The molecule has 1 aliphatic carbocycles. The van der Waals surface area contributed by atoms with Crippen LogP contribution in [-0.4, -0.2) is 7.11 Å². The summed E-state index contributed by atoms with van der Waals surface area (Å²) in [5.74, 6) is -0.212. The Kier molecular flexibility index (Phi) is 3.08. The molecule has 0 amide bonds. The average Bonchev–Trinajstić information content (AvgIpc) is 2.65. The van der Waals surface area contributed by atoms with Gasteiger partial charge >= 0.3 is 0 Å². The fourth-order valence-corrected chi connectivity index (χ4v) is 2.62. The zero-order chi connectivity index (χ0) is 11.8. The summed E-state index contributed by atoms with van der Waals surface area (Å²) in [7, 11) is 1.45. The van der Waals surface area contributed by atoms with Gasteiger partial charge in [-0.15, -0.1) is 0 Å². The molecule has 0 aromatic heterocycles. The van der Waals surface area contributed by atoms with E-state index in [9.17, 15) is 4.39 Å². The van der Waals surface area contributed by atoms with Gasteiger partial charge in [-0.05, 0) is 25.0 Å². The van der Waals surface area contributed by atoms with Crippen molar-refractivity contribution in [2.24, 2.45) is 5.73 Å². The van der Waals surface area contributed by atoms with Crippen molar-refractivity contribution in [2.45, 2.75) is 31.2 Å². The molecule has 0 unspecified atom stereocenters. The highest BCUT2D eigenvalue weighted by Crippen LogP contribution is 2.42. The van der Waals surface area contributed by atoms with E-state index in [0.717, 1.165) is 25.7 Å². The van der Waals surface area contributed by atoms with Gasteiger partial charge in [0, 0.05) is 16.1 Å². The third kappa shape index (κ3) is 1.89. The van der Waals surface area contributed by atoms with E-state index < -0.39 is 11.4 Å². The monoisotopic (exact) mass is 243 g/mol. The van der Waals surface area contributed by atoms with Gasteiger partial charge in [0.05, 0.1) is 7.11 Å². The van der Waals surface area contributed by atoms with Crippen LogP contribution >= 0.6 is 11.6 Å². The lowest BCUT2D eigenvalue weighted by molar-refractivity contribution is 0.357. The average molecular weight is 244 g/mol. The smallest absolute Gasteiger partial charge is 0.166 e. The van der Waals surface area contributed by atoms with Crippen LogP contribution in [0.4, 0.5) is 4.39 Å². The molecule has 1 fully saturated rings. The molecule has 1 aliphatic rings. The molecule has 0 aliphatic heterocycles. The minimum Gasteiger partial charge on any atom is -0.493 e. The lowest BCUT2D eigenvalue weighted by Crippen LogP contribution is -2.33. The summed E-state index contributed by atoms with van der Waals surface area (Å²) in [4.78, 5) is 0. The number of halogens is 2. The number of nitrogens with two attached hydrogens (primary N) is 1. The number of hydrogen-bond donors (Lipinski definition) is 1. The van der Waals surface area contributed by atoms with Crippen molar-refractivity contribution in [2.75, 3.05) is 7.11 Å². The maximum absolute atomic E-state index is 13.7. The SMILES string of the molecule is COc1c(F)cc(Cl)cc1C1(N)CCCC1. The molecule has 0 saturated heterocycles. The zero-order valence-electron chi connectivity index (χ0n) is 9.22. The van der Waals surface area contributed by atoms with Crippen LogP contribution in [0.15, 0.2) is 12.1 Å². The lowest BCUT2D eigenvalue weighted by atomic mass is 9.88. The summed E-state index contributed by atoms with van der Waals surface area (Å²) >= 11 is 5.87. The molecule has 1 saturated carbocycles. The Bertz CT molecular complexity index is 402. The van der Waals surface area contributed by atoms with Crippen LogP contribution in [0.5, 0.6) is 5.75 Å². The second-order valence-electron chi connectivity index (χ2n) is 4.33. The Balaban J connectivity index is 2.53. The molecule has 0 atom stereocenters. The quantitative estimate of drug-likeness (QED) is 0.866. The van der Waals surface area contributed by atoms with E-state index in [2.05, 4.69) is 0 Å². The first kappa shape index (κ1) is 11.7. The molecule has 1 aromatic rings. The van der Waals surface area contributed by atoms with E-state index >= 15 is 0 Å². The van der Waals surface area contributed by atoms with Crippen LogP contribution < -0.4 is 10.5 Å². The number of methoxy groups -OCH3 is 1. The van der Waals surface area contributed by atoms with Crippen molar-refractivity contribution in [1.82, 2.24) is 0 Å². The predicted octanol–water partition coefficient (Wildman–Crippen LogP) is 3.22. The number of rotatable bonds is 2. The number of ether oxygens (including phenoxy) is 1. The van der Waals surface area contributed by atoms with Crippen LogP contribution in [-0.2, 0) is 5.54 Å². The molecular formula is C12H15ClFNO. The van der Waals surface area contributed by atoms with Gasteiger partial charge in [0.1, 0.15) is 0 Å². The van der Waals surface area contributed by atoms with E-state index in [1.165, 1.54) is 13.2 Å². The van der Waals surface area contributed by atoms with E-state index in [1.807, 2.05) is 0 Å². The van der Waals surface area contributed by atoms with Gasteiger partial charge in [-0.3, -0.25) is 0 Å². The van der Waals surface area contributed by atoms with Crippen LogP contribution in [0.2, 0.25) is 5.02 Å². The highest BCUT2D eigenvalue weighted by Gasteiger charge is 2.35. The van der Waals surface area contributed by atoms with Crippen molar-refractivity contribution >= 4 is 11.6 Å². The van der Waals surface area contributed by atoms with Gasteiger partial charge in [-0.2, -0.15) is 0 Å². The minimum absolute atomic E-state index is 0.230. The summed E-state index contributed by atoms with van der Waals surface area (Å²) in [6.07, 6.45) is 3.83. The summed E-state index contributed by atoms with van der Waals surface area (Å²) < 4.78 is 18.8.